The lowest BCUT2D eigenvalue weighted by Crippen LogP contribution is -2.53. The standard InChI is InChI=1S/C19H28FN3O4/c1-4-5-15(17(24)22-16(18(25)26)10-12(2)3)23-19(27)21-11-13-6-8-14(20)9-7-13/h6-9,12,15-16H,4-5,10-11H2,1-3H3,(H,22,24)(H,25,26)(H2,21,23,27)/t15?,16-/m1/s1. The van der Waals surface area contributed by atoms with E-state index in [0.717, 1.165) is 0 Å². The van der Waals surface area contributed by atoms with Gasteiger partial charge < -0.3 is 21.1 Å². The number of hydrogen-bond donors (Lipinski definition) is 4. The maximum Gasteiger partial charge on any atom is 0.326 e. The van der Waals surface area contributed by atoms with Crippen LogP contribution in [0.2, 0.25) is 0 Å². The molecule has 0 aliphatic heterocycles. The van der Waals surface area contributed by atoms with Gasteiger partial charge in [-0.05, 0) is 36.5 Å². The summed E-state index contributed by atoms with van der Waals surface area (Å²) in [6.07, 6.45) is 1.32. The van der Waals surface area contributed by atoms with Gasteiger partial charge in [0.05, 0.1) is 0 Å². The molecule has 0 spiro atoms. The van der Waals surface area contributed by atoms with Crippen LogP contribution in [-0.2, 0) is 16.1 Å². The highest BCUT2D eigenvalue weighted by Crippen LogP contribution is 2.07. The smallest absolute Gasteiger partial charge is 0.326 e. The number of hydrogen-bond acceptors (Lipinski definition) is 3. The Morgan fingerprint density at radius 2 is 1.70 bits per heavy atom. The molecular weight excluding hydrogens is 353 g/mol. The molecule has 1 unspecified atom stereocenters. The second-order valence-corrected chi connectivity index (χ2v) is 6.82. The van der Waals surface area contributed by atoms with E-state index in [0.29, 0.717) is 24.8 Å². The van der Waals surface area contributed by atoms with Crippen LogP contribution < -0.4 is 16.0 Å². The van der Waals surface area contributed by atoms with Gasteiger partial charge in [-0.3, -0.25) is 4.79 Å². The fraction of sp³-hybridized carbons (Fsp3) is 0.526. The summed E-state index contributed by atoms with van der Waals surface area (Å²) in [7, 11) is 0. The minimum Gasteiger partial charge on any atom is -0.480 e. The Hall–Kier alpha value is -2.64. The van der Waals surface area contributed by atoms with Crippen molar-refractivity contribution in [2.45, 2.75) is 58.7 Å². The van der Waals surface area contributed by atoms with E-state index in [1.807, 2.05) is 20.8 Å². The molecule has 1 rings (SSSR count). The van der Waals surface area contributed by atoms with Crippen LogP contribution in [0.15, 0.2) is 24.3 Å². The monoisotopic (exact) mass is 381 g/mol. The number of benzene rings is 1. The van der Waals surface area contributed by atoms with Gasteiger partial charge in [-0.15, -0.1) is 0 Å². The third-order valence-electron chi connectivity index (χ3n) is 3.89. The van der Waals surface area contributed by atoms with Crippen LogP contribution >= 0.6 is 0 Å². The van der Waals surface area contributed by atoms with E-state index in [4.69, 9.17) is 0 Å². The van der Waals surface area contributed by atoms with Crippen molar-refractivity contribution in [2.75, 3.05) is 0 Å². The molecule has 0 radical (unpaired) electrons. The molecule has 0 saturated heterocycles. The molecule has 2 atom stereocenters. The lowest BCUT2D eigenvalue weighted by atomic mass is 10.0. The molecule has 0 heterocycles. The molecule has 7 nitrogen and oxygen atoms in total. The average molecular weight is 381 g/mol. The van der Waals surface area contributed by atoms with E-state index in [9.17, 15) is 23.9 Å². The number of carboxylic acids is 1. The molecule has 4 N–H and O–H groups in total. The van der Waals surface area contributed by atoms with Crippen LogP contribution in [0.5, 0.6) is 0 Å². The van der Waals surface area contributed by atoms with Gasteiger partial charge in [0.15, 0.2) is 0 Å². The highest BCUT2D eigenvalue weighted by atomic mass is 19.1. The van der Waals surface area contributed by atoms with Gasteiger partial charge >= 0.3 is 12.0 Å². The Bertz CT molecular complexity index is 634. The van der Waals surface area contributed by atoms with Gasteiger partial charge in [0.25, 0.3) is 0 Å². The number of nitrogens with one attached hydrogen (secondary N) is 3. The summed E-state index contributed by atoms with van der Waals surface area (Å²) in [6.45, 7) is 5.78. The lowest BCUT2D eigenvalue weighted by Gasteiger charge is -2.22. The largest absolute Gasteiger partial charge is 0.480 e. The third-order valence-corrected chi connectivity index (χ3v) is 3.89. The van der Waals surface area contributed by atoms with Crippen LogP contribution in [0, 0.1) is 11.7 Å². The number of carboxylic acid groups (broad SMARTS) is 1. The second-order valence-electron chi connectivity index (χ2n) is 6.82. The zero-order valence-corrected chi connectivity index (χ0v) is 15.9. The van der Waals surface area contributed by atoms with Crippen molar-refractivity contribution in [2.24, 2.45) is 5.92 Å². The maximum absolute atomic E-state index is 12.9. The highest BCUT2D eigenvalue weighted by Gasteiger charge is 2.26. The zero-order chi connectivity index (χ0) is 20.4. The zero-order valence-electron chi connectivity index (χ0n) is 15.9. The summed E-state index contributed by atoms with van der Waals surface area (Å²) in [4.78, 5) is 35.8. The summed E-state index contributed by atoms with van der Waals surface area (Å²) >= 11 is 0. The Balaban J connectivity index is 2.62. The first kappa shape index (κ1) is 22.4. The quantitative estimate of drug-likeness (QED) is 0.499. The number of urea groups is 1. The minimum absolute atomic E-state index is 0.1000. The van der Waals surface area contributed by atoms with E-state index in [1.54, 1.807) is 12.1 Å². The Morgan fingerprint density at radius 1 is 1.07 bits per heavy atom. The number of halogens is 1. The van der Waals surface area contributed by atoms with Crippen LogP contribution in [0.1, 0.15) is 45.6 Å². The molecule has 0 aromatic heterocycles. The number of rotatable bonds is 10. The first-order valence-corrected chi connectivity index (χ1v) is 9.04. The predicted octanol–water partition coefficient (Wildman–Crippen LogP) is 2.41. The maximum atomic E-state index is 12.9. The average Bonchev–Trinajstić information content (AvgIpc) is 2.59. The summed E-state index contributed by atoms with van der Waals surface area (Å²) in [6, 6.07) is 3.30. The van der Waals surface area contributed by atoms with Crippen LogP contribution in [0.3, 0.4) is 0 Å². The van der Waals surface area contributed by atoms with Gasteiger partial charge in [-0.2, -0.15) is 0 Å². The van der Waals surface area contributed by atoms with Crippen molar-refractivity contribution in [1.29, 1.82) is 0 Å². The van der Waals surface area contributed by atoms with Gasteiger partial charge in [0.1, 0.15) is 17.9 Å². The van der Waals surface area contributed by atoms with Crippen molar-refractivity contribution in [3.8, 4) is 0 Å². The topological polar surface area (TPSA) is 108 Å². The van der Waals surface area contributed by atoms with Crippen LogP contribution in [0.25, 0.3) is 0 Å². The molecule has 0 aliphatic rings. The molecule has 0 fully saturated rings. The molecule has 150 valence electrons. The summed E-state index contributed by atoms with van der Waals surface area (Å²) in [5.74, 6) is -1.89. The predicted molar refractivity (Wildman–Crippen MR) is 99.5 cm³/mol. The summed E-state index contributed by atoms with van der Waals surface area (Å²) < 4.78 is 12.9. The molecule has 1 aromatic carbocycles. The minimum atomic E-state index is -1.10. The van der Waals surface area contributed by atoms with Crippen molar-refractivity contribution in [3.05, 3.63) is 35.6 Å². The summed E-state index contributed by atoms with van der Waals surface area (Å²) in [5, 5.41) is 16.9. The molecule has 0 saturated carbocycles. The number of carbonyl (C=O) groups excluding carboxylic acids is 2. The normalized spacial score (nSPS) is 12.9. The van der Waals surface area contributed by atoms with Crippen LogP contribution in [0.4, 0.5) is 9.18 Å². The molecule has 8 heteroatoms. The van der Waals surface area contributed by atoms with Crippen molar-refractivity contribution < 1.29 is 23.9 Å². The van der Waals surface area contributed by atoms with E-state index in [-0.39, 0.29) is 18.3 Å². The lowest BCUT2D eigenvalue weighted by molar-refractivity contribution is -0.142. The Morgan fingerprint density at radius 3 is 2.22 bits per heavy atom. The van der Waals surface area contributed by atoms with Crippen molar-refractivity contribution in [3.63, 3.8) is 0 Å². The molecule has 27 heavy (non-hydrogen) atoms. The SMILES string of the molecule is CCCC(NC(=O)NCc1ccc(F)cc1)C(=O)N[C@H](CC(C)C)C(=O)O. The fourth-order valence-corrected chi connectivity index (χ4v) is 2.52. The van der Waals surface area contributed by atoms with Gasteiger partial charge in [0, 0.05) is 6.54 Å². The molecular formula is C19H28FN3O4. The van der Waals surface area contributed by atoms with Gasteiger partial charge in [-0.25, -0.2) is 14.0 Å². The van der Waals surface area contributed by atoms with Crippen LogP contribution in [-0.4, -0.2) is 35.1 Å². The first-order valence-electron chi connectivity index (χ1n) is 9.04. The second kappa shape index (κ2) is 11.2. The number of aliphatic carboxylic acids is 1. The highest BCUT2D eigenvalue weighted by molar-refractivity contribution is 5.90. The van der Waals surface area contributed by atoms with E-state index >= 15 is 0 Å². The van der Waals surface area contributed by atoms with E-state index < -0.39 is 30.0 Å². The van der Waals surface area contributed by atoms with Gasteiger partial charge in [-0.1, -0.05) is 39.3 Å². The molecule has 1 aromatic rings. The molecule has 3 amide bonds. The number of amides is 3. The Kier molecular flexibility index (Phi) is 9.25. The number of carbonyl (C=O) groups is 3. The third kappa shape index (κ3) is 8.52. The fourth-order valence-electron chi connectivity index (χ4n) is 2.52. The van der Waals surface area contributed by atoms with Crippen molar-refractivity contribution >= 4 is 17.9 Å². The van der Waals surface area contributed by atoms with E-state index in [2.05, 4.69) is 16.0 Å². The van der Waals surface area contributed by atoms with Crippen molar-refractivity contribution in [1.82, 2.24) is 16.0 Å². The Labute approximate surface area is 158 Å². The van der Waals surface area contributed by atoms with E-state index in [1.165, 1.54) is 12.1 Å². The molecule has 0 bridgehead atoms. The molecule has 0 aliphatic carbocycles. The van der Waals surface area contributed by atoms with Gasteiger partial charge in [0.2, 0.25) is 5.91 Å². The first-order chi connectivity index (χ1) is 12.7. The summed E-state index contributed by atoms with van der Waals surface area (Å²) in [5.41, 5.74) is 0.714.